The minimum absolute atomic E-state index is 0.652. The van der Waals surface area contributed by atoms with Crippen LogP contribution in [0.15, 0.2) is 158 Å². The zero-order chi connectivity index (χ0) is 31.6. The zero-order valence-corrected chi connectivity index (χ0v) is 25.7. The molecule has 0 fully saturated rings. The molecule has 0 atom stereocenters. The summed E-state index contributed by atoms with van der Waals surface area (Å²) in [4.78, 5) is 20.9. The number of aromatic nitrogens is 6. The van der Waals surface area contributed by atoms with Crippen LogP contribution in [0.1, 0.15) is 0 Å². The second kappa shape index (κ2) is 10.4. The van der Waals surface area contributed by atoms with Crippen molar-refractivity contribution in [3.05, 3.63) is 158 Å². The highest BCUT2D eigenvalue weighted by Gasteiger charge is 2.21. The van der Waals surface area contributed by atoms with Crippen LogP contribution in [0.25, 0.3) is 89.2 Å². The number of nitrogens with zero attached hydrogens (tertiary/aromatic N) is 6. The third-order valence-corrected chi connectivity index (χ3v) is 9.11. The molecule has 6 heteroatoms. The summed E-state index contributed by atoms with van der Waals surface area (Å²) in [6, 6.07) is 54.3. The first-order valence-corrected chi connectivity index (χ1v) is 16.0. The van der Waals surface area contributed by atoms with E-state index in [9.17, 15) is 0 Å². The minimum atomic E-state index is 0.652. The van der Waals surface area contributed by atoms with Gasteiger partial charge in [0.2, 0.25) is 0 Å². The van der Waals surface area contributed by atoms with Gasteiger partial charge in [-0.25, -0.2) is 19.9 Å². The Labute approximate surface area is 275 Å². The van der Waals surface area contributed by atoms with Gasteiger partial charge in [-0.1, -0.05) is 121 Å². The third kappa shape index (κ3) is 3.99. The lowest BCUT2D eigenvalue weighted by molar-refractivity contribution is 1.10. The van der Waals surface area contributed by atoms with Crippen LogP contribution in [-0.2, 0) is 0 Å². The Bertz CT molecular complexity index is 2830. The molecule has 0 saturated heterocycles. The van der Waals surface area contributed by atoms with Crippen LogP contribution in [0.5, 0.6) is 0 Å². The first-order chi connectivity index (χ1) is 23.8. The Kier molecular flexibility index (Phi) is 5.77. The van der Waals surface area contributed by atoms with Gasteiger partial charge in [0.15, 0.2) is 11.5 Å². The average molecular weight is 615 g/mol. The molecule has 4 aromatic heterocycles. The molecule has 0 bridgehead atoms. The molecule has 0 spiro atoms. The van der Waals surface area contributed by atoms with Gasteiger partial charge in [-0.05, 0) is 41.8 Å². The fraction of sp³-hybridized carbons (Fsp3) is 0. The Morgan fingerprint density at radius 3 is 1.90 bits per heavy atom. The highest BCUT2D eigenvalue weighted by Crippen LogP contribution is 2.37. The summed E-state index contributed by atoms with van der Waals surface area (Å²) in [5, 5.41) is 3.39. The van der Waals surface area contributed by atoms with Crippen molar-refractivity contribution in [3.8, 4) is 39.7 Å². The Morgan fingerprint density at radius 1 is 0.417 bits per heavy atom. The summed E-state index contributed by atoms with van der Waals surface area (Å²) in [5.74, 6) is 1.52. The standard InChI is InChI=1S/C42H26N6/c1-3-14-27(15-4-1)39-44-37(38-42(46-39)48-35-24-11-9-21-32(35)31-20-7-8-22-33(31)41(48)45-38)28-16-13-17-29(26-28)40-43-34-23-10-12-25-36(34)47(40)30-18-5-2-6-19-30/h1-26H. The van der Waals surface area contributed by atoms with E-state index >= 15 is 0 Å². The summed E-state index contributed by atoms with van der Waals surface area (Å²) in [6.45, 7) is 0. The van der Waals surface area contributed by atoms with Crippen molar-refractivity contribution in [1.29, 1.82) is 0 Å². The predicted molar refractivity (Wildman–Crippen MR) is 194 cm³/mol. The van der Waals surface area contributed by atoms with Gasteiger partial charge in [-0.2, -0.15) is 0 Å². The van der Waals surface area contributed by atoms with Gasteiger partial charge in [-0.15, -0.1) is 0 Å². The molecule has 224 valence electrons. The Hall–Kier alpha value is -6.66. The fourth-order valence-corrected chi connectivity index (χ4v) is 6.96. The van der Waals surface area contributed by atoms with Gasteiger partial charge in [0.05, 0.1) is 16.6 Å². The summed E-state index contributed by atoms with van der Waals surface area (Å²) in [5.41, 5.74) is 10.2. The molecule has 10 aromatic rings. The molecule has 0 saturated carbocycles. The van der Waals surface area contributed by atoms with Crippen LogP contribution >= 0.6 is 0 Å². The van der Waals surface area contributed by atoms with Gasteiger partial charge in [0.25, 0.3) is 0 Å². The molecule has 6 nitrogen and oxygen atoms in total. The molecule has 0 aliphatic heterocycles. The first kappa shape index (κ1) is 26.5. The van der Waals surface area contributed by atoms with E-state index in [-0.39, 0.29) is 0 Å². The molecule has 6 aromatic carbocycles. The quantitative estimate of drug-likeness (QED) is 0.185. The van der Waals surface area contributed by atoms with Crippen LogP contribution in [-0.4, -0.2) is 28.9 Å². The molecule has 10 rings (SSSR count). The van der Waals surface area contributed by atoms with Crippen LogP contribution in [0, 0.1) is 0 Å². The monoisotopic (exact) mass is 614 g/mol. The molecule has 0 radical (unpaired) electrons. The molecule has 0 unspecified atom stereocenters. The van der Waals surface area contributed by atoms with Crippen molar-refractivity contribution in [1.82, 2.24) is 28.9 Å². The molecule has 0 amide bonds. The van der Waals surface area contributed by atoms with Crippen molar-refractivity contribution in [2.75, 3.05) is 0 Å². The minimum Gasteiger partial charge on any atom is -0.292 e. The van der Waals surface area contributed by atoms with Crippen molar-refractivity contribution in [3.63, 3.8) is 0 Å². The van der Waals surface area contributed by atoms with Crippen LogP contribution in [0.2, 0.25) is 0 Å². The van der Waals surface area contributed by atoms with Gasteiger partial charge >= 0.3 is 0 Å². The third-order valence-electron chi connectivity index (χ3n) is 9.11. The number of pyridine rings is 1. The van der Waals surface area contributed by atoms with E-state index in [4.69, 9.17) is 19.9 Å². The number of imidazole rings is 2. The number of fused-ring (bicyclic) bond motifs is 9. The lowest BCUT2D eigenvalue weighted by Crippen LogP contribution is -1.99. The van der Waals surface area contributed by atoms with E-state index in [0.717, 1.165) is 83.4 Å². The molecule has 48 heavy (non-hydrogen) atoms. The van der Waals surface area contributed by atoms with Gasteiger partial charge < -0.3 is 0 Å². The normalized spacial score (nSPS) is 11.8. The molecular formula is C42H26N6. The van der Waals surface area contributed by atoms with Crippen LogP contribution in [0.4, 0.5) is 0 Å². The van der Waals surface area contributed by atoms with E-state index in [1.165, 1.54) is 0 Å². The summed E-state index contributed by atoms with van der Waals surface area (Å²) < 4.78 is 4.42. The number of hydrogen-bond acceptors (Lipinski definition) is 4. The van der Waals surface area contributed by atoms with E-state index in [1.807, 2.05) is 30.3 Å². The lowest BCUT2D eigenvalue weighted by atomic mass is 10.1. The topological polar surface area (TPSA) is 60.9 Å². The number of para-hydroxylation sites is 4. The SMILES string of the molecule is c1ccc(-c2nc(-c3cccc(-c4nc5ccccc5n4-c4ccccc4)c3)c3nc4c5ccccc5c5ccccc5n4c3n2)cc1. The fourth-order valence-electron chi connectivity index (χ4n) is 6.96. The van der Waals surface area contributed by atoms with E-state index < -0.39 is 0 Å². The van der Waals surface area contributed by atoms with Gasteiger partial charge in [-0.3, -0.25) is 8.97 Å². The zero-order valence-electron chi connectivity index (χ0n) is 25.7. The maximum atomic E-state index is 5.32. The number of benzene rings is 6. The Morgan fingerprint density at radius 2 is 1.06 bits per heavy atom. The van der Waals surface area contributed by atoms with Crippen molar-refractivity contribution in [2.24, 2.45) is 0 Å². The second-order valence-corrected chi connectivity index (χ2v) is 11.9. The summed E-state index contributed by atoms with van der Waals surface area (Å²) >= 11 is 0. The molecule has 0 aliphatic rings. The number of rotatable bonds is 4. The molecule has 0 aliphatic carbocycles. The van der Waals surface area contributed by atoms with Gasteiger partial charge in [0, 0.05) is 33.2 Å². The second-order valence-electron chi connectivity index (χ2n) is 11.9. The predicted octanol–water partition coefficient (Wildman–Crippen LogP) is 9.92. The van der Waals surface area contributed by atoms with E-state index in [0.29, 0.717) is 5.82 Å². The average Bonchev–Trinajstić information content (AvgIpc) is 3.75. The Balaban J connectivity index is 1.29. The smallest absolute Gasteiger partial charge is 0.169 e. The van der Waals surface area contributed by atoms with Crippen molar-refractivity contribution < 1.29 is 0 Å². The largest absolute Gasteiger partial charge is 0.292 e. The lowest BCUT2D eigenvalue weighted by Gasteiger charge is -2.11. The maximum absolute atomic E-state index is 5.32. The molecule has 0 N–H and O–H groups in total. The van der Waals surface area contributed by atoms with Crippen molar-refractivity contribution in [2.45, 2.75) is 0 Å². The number of hydrogen-bond donors (Lipinski definition) is 0. The van der Waals surface area contributed by atoms with Crippen LogP contribution < -0.4 is 0 Å². The summed E-state index contributed by atoms with van der Waals surface area (Å²) in [6.07, 6.45) is 0. The van der Waals surface area contributed by atoms with Crippen LogP contribution in [0.3, 0.4) is 0 Å². The molecule has 4 heterocycles. The first-order valence-electron chi connectivity index (χ1n) is 16.0. The van der Waals surface area contributed by atoms with Crippen molar-refractivity contribution >= 4 is 49.5 Å². The highest BCUT2D eigenvalue weighted by molar-refractivity contribution is 6.14. The van der Waals surface area contributed by atoms with E-state index in [2.05, 4.69) is 136 Å². The van der Waals surface area contributed by atoms with E-state index in [1.54, 1.807) is 0 Å². The maximum Gasteiger partial charge on any atom is 0.169 e. The summed E-state index contributed by atoms with van der Waals surface area (Å²) in [7, 11) is 0. The van der Waals surface area contributed by atoms with Gasteiger partial charge in [0.1, 0.15) is 22.7 Å². The highest BCUT2D eigenvalue weighted by atomic mass is 15.1. The molecular weight excluding hydrogens is 589 g/mol.